The van der Waals surface area contributed by atoms with E-state index in [1.165, 1.54) is 11.3 Å². The van der Waals surface area contributed by atoms with Crippen LogP contribution in [0, 0.1) is 0 Å². The van der Waals surface area contributed by atoms with E-state index in [1.807, 2.05) is 48.5 Å². The largest absolute Gasteiger partial charge is 0.483 e. The van der Waals surface area contributed by atoms with Crippen molar-refractivity contribution in [3.63, 3.8) is 0 Å². The van der Waals surface area contributed by atoms with E-state index < -0.39 is 0 Å². The third-order valence-electron chi connectivity index (χ3n) is 3.16. The van der Waals surface area contributed by atoms with Gasteiger partial charge in [-0.15, -0.1) is 11.3 Å². The molecule has 1 amide bonds. The van der Waals surface area contributed by atoms with Crippen LogP contribution in [0.15, 0.2) is 61.9 Å². The van der Waals surface area contributed by atoms with Crippen LogP contribution in [0.1, 0.15) is 4.88 Å². The van der Waals surface area contributed by atoms with Gasteiger partial charge in [0.25, 0.3) is 5.91 Å². The topological polar surface area (TPSA) is 50.7 Å². The molecular formula is C17H12Br2N2O2S. The van der Waals surface area contributed by atoms with Gasteiger partial charge in [0.15, 0.2) is 6.61 Å². The number of fused-ring (bicyclic) bond motifs is 1. The van der Waals surface area contributed by atoms with Crippen molar-refractivity contribution < 1.29 is 9.53 Å². The zero-order valence-corrected chi connectivity index (χ0v) is 16.3. The van der Waals surface area contributed by atoms with Crippen LogP contribution in [0.4, 0.5) is 0 Å². The van der Waals surface area contributed by atoms with Crippen molar-refractivity contribution in [2.24, 2.45) is 5.10 Å². The highest BCUT2D eigenvalue weighted by Gasteiger charge is 2.08. The molecule has 0 spiro atoms. The number of carbonyl (C=O) groups is 1. The molecule has 0 saturated carbocycles. The molecule has 0 radical (unpaired) electrons. The summed E-state index contributed by atoms with van der Waals surface area (Å²) in [5.41, 5.74) is 2.45. The minimum absolute atomic E-state index is 0.109. The van der Waals surface area contributed by atoms with Gasteiger partial charge >= 0.3 is 0 Å². The first-order chi connectivity index (χ1) is 11.6. The molecule has 0 bridgehead atoms. The first-order valence-corrected chi connectivity index (χ1v) is 9.41. The van der Waals surface area contributed by atoms with Crippen molar-refractivity contribution in [1.29, 1.82) is 0 Å². The van der Waals surface area contributed by atoms with Crippen LogP contribution in [0.25, 0.3) is 10.8 Å². The molecule has 3 rings (SSSR count). The molecule has 0 saturated heterocycles. The summed E-state index contributed by atoms with van der Waals surface area (Å²) in [4.78, 5) is 12.8. The smallest absolute Gasteiger partial charge is 0.277 e. The van der Waals surface area contributed by atoms with E-state index in [4.69, 9.17) is 4.74 Å². The lowest BCUT2D eigenvalue weighted by Gasteiger charge is -2.09. The fourth-order valence-corrected chi connectivity index (χ4v) is 3.97. The van der Waals surface area contributed by atoms with Crippen LogP contribution in [-0.4, -0.2) is 18.7 Å². The minimum Gasteiger partial charge on any atom is -0.483 e. The van der Waals surface area contributed by atoms with Gasteiger partial charge in [-0.3, -0.25) is 4.79 Å². The predicted molar refractivity (Wildman–Crippen MR) is 105 cm³/mol. The fourth-order valence-electron chi connectivity index (χ4n) is 2.07. The summed E-state index contributed by atoms with van der Waals surface area (Å²) in [6.45, 7) is -0.109. The number of benzene rings is 2. The Kier molecular flexibility index (Phi) is 5.65. The van der Waals surface area contributed by atoms with E-state index in [9.17, 15) is 4.79 Å². The minimum atomic E-state index is -0.318. The van der Waals surface area contributed by atoms with Crippen molar-refractivity contribution in [2.75, 3.05) is 6.61 Å². The van der Waals surface area contributed by atoms with Gasteiger partial charge in [-0.25, -0.2) is 5.43 Å². The van der Waals surface area contributed by atoms with Gasteiger partial charge in [0, 0.05) is 4.88 Å². The van der Waals surface area contributed by atoms with Crippen LogP contribution in [0.2, 0.25) is 0 Å². The highest BCUT2D eigenvalue weighted by atomic mass is 79.9. The molecule has 3 aromatic rings. The maximum atomic E-state index is 11.8. The quantitative estimate of drug-likeness (QED) is 0.426. The van der Waals surface area contributed by atoms with Gasteiger partial charge in [0.05, 0.1) is 14.5 Å². The van der Waals surface area contributed by atoms with Crippen molar-refractivity contribution in [1.82, 2.24) is 5.43 Å². The van der Waals surface area contributed by atoms with Gasteiger partial charge in [0.2, 0.25) is 0 Å². The van der Waals surface area contributed by atoms with Gasteiger partial charge in [-0.05, 0) is 60.8 Å². The summed E-state index contributed by atoms with van der Waals surface area (Å²) in [5, 5.41) is 6.06. The first kappa shape index (κ1) is 17.1. The summed E-state index contributed by atoms with van der Waals surface area (Å²) in [6.07, 6.45) is 1.60. The van der Waals surface area contributed by atoms with E-state index in [0.717, 1.165) is 23.9 Å². The molecule has 1 N–H and O–H groups in total. The predicted octanol–water partition coefficient (Wildman–Crippen LogP) is 4.96. The Bertz CT molecular complexity index is 908. The Labute approximate surface area is 159 Å². The number of nitrogens with one attached hydrogen (secondary N) is 1. The standard InChI is InChI=1S/C17H12Br2N2O2S/c18-15-8-6-12(24-15)9-20-21-16(22)10-23-14-7-5-11-3-1-2-4-13(11)17(14)19/h1-9H,10H2,(H,21,22)/b20-9+. The second kappa shape index (κ2) is 7.92. The fraction of sp³-hybridized carbons (Fsp3) is 0.0588. The second-order valence-corrected chi connectivity index (χ2v) is 8.11. The van der Waals surface area contributed by atoms with E-state index >= 15 is 0 Å². The Hall–Kier alpha value is -1.70. The van der Waals surface area contributed by atoms with E-state index in [1.54, 1.807) is 6.21 Å². The van der Waals surface area contributed by atoms with Gasteiger partial charge in [-0.2, -0.15) is 5.10 Å². The number of carbonyl (C=O) groups excluding carboxylic acids is 1. The molecule has 1 heterocycles. The molecule has 2 aromatic carbocycles. The lowest BCUT2D eigenvalue weighted by atomic mass is 10.1. The number of nitrogens with zero attached hydrogens (tertiary/aromatic N) is 1. The average molecular weight is 468 g/mol. The molecule has 122 valence electrons. The molecule has 1 aromatic heterocycles. The number of halogens is 2. The molecule has 24 heavy (non-hydrogen) atoms. The van der Waals surface area contributed by atoms with E-state index in [2.05, 4.69) is 42.4 Å². The lowest BCUT2D eigenvalue weighted by molar-refractivity contribution is -0.123. The van der Waals surface area contributed by atoms with Gasteiger partial charge < -0.3 is 4.74 Å². The zero-order valence-electron chi connectivity index (χ0n) is 12.3. The molecule has 0 fully saturated rings. The SMILES string of the molecule is O=C(COc1ccc2ccccc2c1Br)N/N=C/c1ccc(Br)s1. The Balaban J connectivity index is 1.58. The maximum absolute atomic E-state index is 11.8. The summed E-state index contributed by atoms with van der Waals surface area (Å²) in [6, 6.07) is 15.6. The van der Waals surface area contributed by atoms with Crippen LogP contribution in [-0.2, 0) is 4.79 Å². The summed E-state index contributed by atoms with van der Waals surface area (Å²) in [5.74, 6) is 0.303. The molecule has 0 atom stereocenters. The van der Waals surface area contributed by atoms with Crippen molar-refractivity contribution in [3.05, 3.63) is 61.7 Å². The lowest BCUT2D eigenvalue weighted by Crippen LogP contribution is -2.24. The van der Waals surface area contributed by atoms with Gasteiger partial charge in [0.1, 0.15) is 5.75 Å². The first-order valence-electron chi connectivity index (χ1n) is 7.01. The Morgan fingerprint density at radius 3 is 2.79 bits per heavy atom. The molecule has 0 aliphatic carbocycles. The number of hydrogen-bond donors (Lipinski definition) is 1. The molecule has 7 heteroatoms. The maximum Gasteiger partial charge on any atom is 0.277 e. The number of thiophene rings is 1. The average Bonchev–Trinajstić information content (AvgIpc) is 3.00. The third-order valence-corrected chi connectivity index (χ3v) is 5.54. The third kappa shape index (κ3) is 4.23. The normalized spacial score (nSPS) is 11.1. The van der Waals surface area contributed by atoms with Crippen molar-refractivity contribution >= 4 is 66.1 Å². The Morgan fingerprint density at radius 1 is 1.17 bits per heavy atom. The summed E-state index contributed by atoms with van der Waals surface area (Å²) >= 11 is 8.43. The van der Waals surface area contributed by atoms with Crippen molar-refractivity contribution in [3.8, 4) is 5.75 Å². The Morgan fingerprint density at radius 2 is 2.00 bits per heavy atom. The summed E-state index contributed by atoms with van der Waals surface area (Å²) < 4.78 is 7.42. The van der Waals surface area contributed by atoms with Gasteiger partial charge in [-0.1, -0.05) is 30.3 Å². The van der Waals surface area contributed by atoms with Crippen LogP contribution in [0.5, 0.6) is 5.75 Å². The highest BCUT2D eigenvalue weighted by Crippen LogP contribution is 2.32. The van der Waals surface area contributed by atoms with Crippen LogP contribution >= 0.6 is 43.2 Å². The van der Waals surface area contributed by atoms with E-state index in [0.29, 0.717) is 5.75 Å². The monoisotopic (exact) mass is 466 g/mol. The zero-order chi connectivity index (χ0) is 16.9. The van der Waals surface area contributed by atoms with Crippen molar-refractivity contribution in [2.45, 2.75) is 0 Å². The van der Waals surface area contributed by atoms with Crippen LogP contribution < -0.4 is 10.2 Å². The molecular weight excluding hydrogens is 456 g/mol. The highest BCUT2D eigenvalue weighted by molar-refractivity contribution is 9.11. The molecule has 0 aliphatic heterocycles. The number of hydrazone groups is 1. The van der Waals surface area contributed by atoms with Crippen LogP contribution in [0.3, 0.4) is 0 Å². The number of rotatable bonds is 5. The molecule has 0 unspecified atom stereocenters. The molecule has 0 aliphatic rings. The molecule has 4 nitrogen and oxygen atoms in total. The second-order valence-electron chi connectivity index (χ2n) is 4.82. The number of ether oxygens (including phenoxy) is 1. The van der Waals surface area contributed by atoms with E-state index in [-0.39, 0.29) is 12.5 Å². The number of hydrogen-bond acceptors (Lipinski definition) is 4. The number of amides is 1. The summed E-state index contributed by atoms with van der Waals surface area (Å²) in [7, 11) is 0.